The summed E-state index contributed by atoms with van der Waals surface area (Å²) in [6.45, 7) is 2.67. The van der Waals surface area contributed by atoms with E-state index >= 15 is 0 Å². The van der Waals surface area contributed by atoms with Crippen molar-refractivity contribution in [2.45, 2.75) is 13.5 Å². The number of benzene rings is 3. The quantitative estimate of drug-likeness (QED) is 0.409. The molecule has 6 heteroatoms. The van der Waals surface area contributed by atoms with Crippen LogP contribution in [0.4, 0.5) is 0 Å². The van der Waals surface area contributed by atoms with E-state index in [-0.39, 0.29) is 5.56 Å². The summed E-state index contributed by atoms with van der Waals surface area (Å²) in [7, 11) is 0. The van der Waals surface area contributed by atoms with Crippen LogP contribution >= 0.6 is 23.2 Å². The smallest absolute Gasteiger partial charge is 0.261 e. The molecule has 0 atom stereocenters. The Morgan fingerprint density at radius 1 is 1.00 bits per heavy atom. The van der Waals surface area contributed by atoms with E-state index in [2.05, 4.69) is 0 Å². The number of halogens is 2. The first kappa shape index (κ1) is 19.5. The number of aromatic nitrogens is 2. The van der Waals surface area contributed by atoms with Gasteiger partial charge in [-0.15, -0.1) is 0 Å². The predicted octanol–water partition coefficient (Wildman–Crippen LogP) is 5.76. The minimum Gasteiger partial charge on any atom is -0.492 e. The van der Waals surface area contributed by atoms with E-state index in [1.165, 1.54) is 0 Å². The van der Waals surface area contributed by atoms with Crippen molar-refractivity contribution in [3.05, 3.63) is 92.7 Å². The van der Waals surface area contributed by atoms with Crippen LogP contribution in [0.25, 0.3) is 22.3 Å². The molecule has 4 nitrogen and oxygen atoms in total. The lowest BCUT2D eigenvalue weighted by Crippen LogP contribution is -2.26. The molecule has 1 heterocycles. The minimum atomic E-state index is -0.135. The van der Waals surface area contributed by atoms with E-state index in [9.17, 15) is 4.79 Å². The van der Waals surface area contributed by atoms with Crippen molar-refractivity contribution in [3.8, 4) is 17.1 Å². The molecule has 0 bridgehead atoms. The molecule has 0 N–H and O–H groups in total. The summed E-state index contributed by atoms with van der Waals surface area (Å²) in [6, 6.07) is 20.2. The van der Waals surface area contributed by atoms with E-state index < -0.39 is 0 Å². The highest BCUT2D eigenvalue weighted by atomic mass is 35.5. The Labute approximate surface area is 178 Å². The van der Waals surface area contributed by atoms with Crippen molar-refractivity contribution in [1.29, 1.82) is 0 Å². The number of hydrogen-bond acceptors (Lipinski definition) is 3. The van der Waals surface area contributed by atoms with Crippen LogP contribution < -0.4 is 10.3 Å². The molecular weight excluding hydrogens is 407 g/mol. The zero-order valence-electron chi connectivity index (χ0n) is 15.7. The summed E-state index contributed by atoms with van der Waals surface area (Å²) in [5.74, 6) is 1.24. The molecule has 3 aromatic carbocycles. The molecular formula is C23H18Cl2N2O2. The molecule has 29 heavy (non-hydrogen) atoms. The van der Waals surface area contributed by atoms with Gasteiger partial charge >= 0.3 is 0 Å². The number of fused-ring (bicyclic) bond motifs is 1. The maximum Gasteiger partial charge on any atom is 0.261 e. The molecule has 0 aliphatic heterocycles. The number of aryl methyl sites for hydroxylation is 1. The van der Waals surface area contributed by atoms with Crippen LogP contribution in [-0.4, -0.2) is 16.2 Å². The maximum atomic E-state index is 13.2. The zero-order chi connectivity index (χ0) is 20.4. The van der Waals surface area contributed by atoms with Gasteiger partial charge in [0.2, 0.25) is 0 Å². The number of ether oxygens (including phenoxy) is 1. The molecule has 0 unspecified atom stereocenters. The average molecular weight is 425 g/mol. The van der Waals surface area contributed by atoms with E-state index in [1.54, 1.807) is 28.8 Å². The molecule has 0 fully saturated rings. The molecule has 0 radical (unpaired) electrons. The molecule has 0 aliphatic carbocycles. The lowest BCUT2D eigenvalue weighted by atomic mass is 10.1. The van der Waals surface area contributed by atoms with Gasteiger partial charge in [-0.1, -0.05) is 53.0 Å². The fourth-order valence-electron chi connectivity index (χ4n) is 3.14. The third-order valence-electron chi connectivity index (χ3n) is 4.64. The largest absolute Gasteiger partial charge is 0.492 e. The van der Waals surface area contributed by atoms with Crippen molar-refractivity contribution < 1.29 is 4.74 Å². The lowest BCUT2D eigenvalue weighted by molar-refractivity contribution is 0.297. The standard InChI is InChI=1S/C23H18Cl2N2O2/c1-15-6-9-17(10-7-15)29-13-12-27-22(18-11-8-16(24)14-20(18)25)26-21-5-3-2-4-19(21)23(27)28/h2-11,14H,12-13H2,1H3. The molecule has 146 valence electrons. The molecule has 0 spiro atoms. The van der Waals surface area contributed by atoms with Crippen molar-refractivity contribution in [2.24, 2.45) is 0 Å². The second kappa shape index (κ2) is 8.27. The maximum absolute atomic E-state index is 13.2. The van der Waals surface area contributed by atoms with Crippen LogP contribution in [-0.2, 0) is 6.54 Å². The first-order chi connectivity index (χ1) is 14.0. The van der Waals surface area contributed by atoms with Gasteiger partial charge in [0.1, 0.15) is 18.2 Å². The van der Waals surface area contributed by atoms with Crippen molar-refractivity contribution in [3.63, 3.8) is 0 Å². The van der Waals surface area contributed by atoms with Gasteiger partial charge < -0.3 is 4.74 Å². The number of nitrogens with zero attached hydrogens (tertiary/aromatic N) is 2. The Kier molecular flexibility index (Phi) is 5.56. The molecule has 0 saturated carbocycles. The topological polar surface area (TPSA) is 44.1 Å². The second-order valence-corrected chi connectivity index (χ2v) is 7.54. The molecule has 0 aliphatic rings. The van der Waals surface area contributed by atoms with Crippen LogP contribution in [0.15, 0.2) is 71.5 Å². The highest BCUT2D eigenvalue weighted by molar-refractivity contribution is 6.36. The third-order valence-corrected chi connectivity index (χ3v) is 5.19. The van der Waals surface area contributed by atoms with Gasteiger partial charge in [-0.2, -0.15) is 0 Å². The molecule has 4 rings (SSSR count). The summed E-state index contributed by atoms with van der Waals surface area (Å²) in [6.07, 6.45) is 0. The van der Waals surface area contributed by atoms with E-state index in [0.717, 1.165) is 11.3 Å². The number of rotatable bonds is 5. The van der Waals surface area contributed by atoms with Crippen LogP contribution in [0.5, 0.6) is 5.75 Å². The first-order valence-corrected chi connectivity index (χ1v) is 9.93. The highest BCUT2D eigenvalue weighted by Gasteiger charge is 2.15. The van der Waals surface area contributed by atoms with Gasteiger partial charge in [-0.05, 0) is 49.4 Å². The molecule has 1 aromatic heterocycles. The summed E-state index contributed by atoms with van der Waals surface area (Å²) < 4.78 is 7.43. The highest BCUT2D eigenvalue weighted by Crippen LogP contribution is 2.29. The van der Waals surface area contributed by atoms with Crippen LogP contribution in [0.2, 0.25) is 10.0 Å². The van der Waals surface area contributed by atoms with Gasteiger partial charge in [0, 0.05) is 10.6 Å². The lowest BCUT2D eigenvalue weighted by Gasteiger charge is -2.15. The average Bonchev–Trinajstić information content (AvgIpc) is 2.71. The van der Waals surface area contributed by atoms with E-state index in [1.807, 2.05) is 49.4 Å². The van der Waals surface area contributed by atoms with Crippen LogP contribution in [0.1, 0.15) is 5.56 Å². The van der Waals surface area contributed by atoms with Crippen LogP contribution in [0, 0.1) is 6.92 Å². The van der Waals surface area contributed by atoms with Gasteiger partial charge in [-0.3, -0.25) is 9.36 Å². The Balaban J connectivity index is 1.75. The Hall–Kier alpha value is -2.82. The van der Waals surface area contributed by atoms with Gasteiger partial charge in [0.15, 0.2) is 0 Å². The van der Waals surface area contributed by atoms with Crippen molar-refractivity contribution in [2.75, 3.05) is 6.61 Å². The normalized spacial score (nSPS) is 11.0. The van der Waals surface area contributed by atoms with Crippen molar-refractivity contribution in [1.82, 2.24) is 9.55 Å². The molecule has 0 amide bonds. The first-order valence-electron chi connectivity index (χ1n) is 9.17. The summed E-state index contributed by atoms with van der Waals surface area (Å²) in [4.78, 5) is 17.9. The third kappa shape index (κ3) is 4.14. The van der Waals surface area contributed by atoms with E-state index in [0.29, 0.717) is 45.5 Å². The van der Waals surface area contributed by atoms with Crippen LogP contribution in [0.3, 0.4) is 0 Å². The number of para-hydroxylation sites is 1. The fourth-order valence-corrected chi connectivity index (χ4v) is 3.63. The number of hydrogen-bond donors (Lipinski definition) is 0. The Bertz CT molecular complexity index is 1230. The van der Waals surface area contributed by atoms with E-state index in [4.69, 9.17) is 32.9 Å². The monoisotopic (exact) mass is 424 g/mol. The second-order valence-electron chi connectivity index (χ2n) is 6.70. The van der Waals surface area contributed by atoms with Gasteiger partial charge in [0.25, 0.3) is 5.56 Å². The minimum absolute atomic E-state index is 0.135. The van der Waals surface area contributed by atoms with Gasteiger partial charge in [-0.25, -0.2) is 4.98 Å². The summed E-state index contributed by atoms with van der Waals surface area (Å²) >= 11 is 12.5. The zero-order valence-corrected chi connectivity index (χ0v) is 17.2. The summed E-state index contributed by atoms with van der Waals surface area (Å²) in [5.41, 5.74) is 2.29. The van der Waals surface area contributed by atoms with Gasteiger partial charge in [0.05, 0.1) is 22.5 Å². The predicted molar refractivity (Wildman–Crippen MR) is 118 cm³/mol. The summed E-state index contributed by atoms with van der Waals surface area (Å²) in [5, 5.41) is 1.51. The Morgan fingerprint density at radius 3 is 2.52 bits per heavy atom. The molecule has 4 aromatic rings. The molecule has 0 saturated heterocycles. The van der Waals surface area contributed by atoms with Crippen molar-refractivity contribution >= 4 is 34.1 Å². The fraction of sp³-hybridized carbons (Fsp3) is 0.130. The SMILES string of the molecule is Cc1ccc(OCCn2c(-c3ccc(Cl)cc3Cl)nc3ccccc3c2=O)cc1. The Morgan fingerprint density at radius 2 is 1.76 bits per heavy atom.